The Labute approximate surface area is 177 Å². The van der Waals surface area contributed by atoms with Crippen LogP contribution >= 0.6 is 12.6 Å². The molecule has 0 aliphatic carbocycles. The Balaban J connectivity index is 2.52. The molecule has 11 nitrogen and oxygen atoms in total. The number of carbonyl (C=O) groups excluding carboxylic acids is 3. The molecular weight excluding hydrogens is 416 g/mol. The molecule has 1 rings (SSSR count). The molecule has 164 valence electrons. The van der Waals surface area contributed by atoms with Gasteiger partial charge in [-0.1, -0.05) is 30.3 Å². The van der Waals surface area contributed by atoms with E-state index in [9.17, 15) is 24.0 Å². The number of benzene rings is 1. The minimum Gasteiger partial charge on any atom is -0.481 e. The fraction of sp³-hybridized carbons (Fsp3) is 0.389. The van der Waals surface area contributed by atoms with Crippen molar-refractivity contribution < 1.29 is 34.2 Å². The molecule has 3 atom stereocenters. The van der Waals surface area contributed by atoms with E-state index in [0.717, 1.165) is 5.56 Å². The van der Waals surface area contributed by atoms with Crippen LogP contribution in [0.25, 0.3) is 0 Å². The van der Waals surface area contributed by atoms with Gasteiger partial charge in [-0.05, 0) is 12.0 Å². The molecular formula is C18H24N4O7S. The van der Waals surface area contributed by atoms with Gasteiger partial charge < -0.3 is 31.9 Å². The highest BCUT2D eigenvalue weighted by Crippen LogP contribution is 2.02. The summed E-state index contributed by atoms with van der Waals surface area (Å²) in [7, 11) is 0. The van der Waals surface area contributed by atoms with Crippen molar-refractivity contribution in [3.05, 3.63) is 35.9 Å². The van der Waals surface area contributed by atoms with Gasteiger partial charge in [-0.15, -0.1) is 0 Å². The van der Waals surface area contributed by atoms with Gasteiger partial charge in [0.1, 0.15) is 12.1 Å². The number of carbonyl (C=O) groups is 5. The van der Waals surface area contributed by atoms with E-state index < -0.39 is 60.8 Å². The number of rotatable bonds is 12. The van der Waals surface area contributed by atoms with Gasteiger partial charge >= 0.3 is 11.9 Å². The summed E-state index contributed by atoms with van der Waals surface area (Å²) in [4.78, 5) is 57.9. The third-order valence-electron chi connectivity index (χ3n) is 3.89. The Morgan fingerprint density at radius 2 is 1.60 bits per heavy atom. The molecule has 0 radical (unpaired) electrons. The largest absolute Gasteiger partial charge is 0.481 e. The molecule has 0 saturated carbocycles. The smallest absolute Gasteiger partial charge is 0.326 e. The quantitative estimate of drug-likeness (QED) is 0.184. The van der Waals surface area contributed by atoms with Crippen LogP contribution in [0.2, 0.25) is 0 Å². The van der Waals surface area contributed by atoms with Crippen molar-refractivity contribution in [3.63, 3.8) is 0 Å². The van der Waals surface area contributed by atoms with Crippen LogP contribution in [-0.2, 0) is 30.4 Å². The van der Waals surface area contributed by atoms with Crippen molar-refractivity contribution in [3.8, 4) is 0 Å². The standard InChI is InChI=1S/C18H24N4O7S/c19-11(6-10-4-2-1-3-5-10)16(26)20-8-14(23)21-13(9-30)17(27)22-12(18(28)29)7-15(24)25/h1-5,11-13,30H,6-9,19H2,(H,20,26)(H,21,23)(H,22,27)(H,24,25)(H,28,29). The molecule has 12 heteroatoms. The van der Waals surface area contributed by atoms with Gasteiger partial charge in [0.15, 0.2) is 0 Å². The Bertz CT molecular complexity index is 775. The summed E-state index contributed by atoms with van der Waals surface area (Å²) in [5.74, 6) is -5.33. The number of amides is 3. The first-order valence-electron chi connectivity index (χ1n) is 8.86. The van der Waals surface area contributed by atoms with Gasteiger partial charge in [0, 0.05) is 5.75 Å². The summed E-state index contributed by atoms with van der Waals surface area (Å²) in [6, 6.07) is 5.29. The van der Waals surface area contributed by atoms with E-state index in [0.29, 0.717) is 0 Å². The molecule has 0 aromatic heterocycles. The van der Waals surface area contributed by atoms with Crippen LogP contribution in [0.15, 0.2) is 30.3 Å². The Morgan fingerprint density at radius 1 is 0.967 bits per heavy atom. The topological polar surface area (TPSA) is 188 Å². The van der Waals surface area contributed by atoms with Gasteiger partial charge in [0.05, 0.1) is 19.0 Å². The predicted octanol–water partition coefficient (Wildman–Crippen LogP) is -1.87. The number of aliphatic carboxylic acids is 2. The summed E-state index contributed by atoms with van der Waals surface area (Å²) >= 11 is 3.92. The van der Waals surface area contributed by atoms with E-state index in [4.69, 9.17) is 15.9 Å². The predicted molar refractivity (Wildman–Crippen MR) is 109 cm³/mol. The molecule has 0 aliphatic heterocycles. The summed E-state index contributed by atoms with van der Waals surface area (Å²) in [5.41, 5.74) is 6.66. The van der Waals surface area contributed by atoms with Crippen LogP contribution in [0.3, 0.4) is 0 Å². The van der Waals surface area contributed by atoms with Gasteiger partial charge in [-0.25, -0.2) is 4.79 Å². The average Bonchev–Trinajstić information content (AvgIpc) is 2.69. The molecule has 7 N–H and O–H groups in total. The van der Waals surface area contributed by atoms with Crippen LogP contribution in [0.1, 0.15) is 12.0 Å². The molecule has 0 fully saturated rings. The fourth-order valence-corrected chi connectivity index (χ4v) is 2.60. The summed E-state index contributed by atoms with van der Waals surface area (Å²) in [6.07, 6.45) is -0.556. The van der Waals surface area contributed by atoms with Crippen molar-refractivity contribution in [2.24, 2.45) is 5.73 Å². The lowest BCUT2D eigenvalue weighted by molar-refractivity contribution is -0.147. The first-order valence-corrected chi connectivity index (χ1v) is 9.49. The van der Waals surface area contributed by atoms with Gasteiger partial charge in [0.25, 0.3) is 0 Å². The summed E-state index contributed by atoms with van der Waals surface area (Å²) in [6.45, 7) is -0.462. The highest BCUT2D eigenvalue weighted by atomic mass is 32.1. The Hall–Kier alpha value is -3.12. The minimum atomic E-state index is -1.66. The highest BCUT2D eigenvalue weighted by molar-refractivity contribution is 7.80. The number of thiol groups is 1. The van der Waals surface area contributed by atoms with Gasteiger partial charge in [0.2, 0.25) is 17.7 Å². The van der Waals surface area contributed by atoms with E-state index in [1.165, 1.54) is 0 Å². The number of nitrogens with one attached hydrogen (secondary N) is 3. The van der Waals surface area contributed by atoms with Gasteiger partial charge in [-0.3, -0.25) is 19.2 Å². The molecule has 3 amide bonds. The van der Waals surface area contributed by atoms with Crippen LogP contribution in [0, 0.1) is 0 Å². The second-order valence-corrected chi connectivity index (χ2v) is 6.68. The zero-order chi connectivity index (χ0) is 22.7. The Kier molecular flexibility index (Phi) is 10.3. The number of carboxylic acid groups (broad SMARTS) is 2. The van der Waals surface area contributed by atoms with Crippen LogP contribution in [-0.4, -0.2) is 70.3 Å². The van der Waals surface area contributed by atoms with Crippen molar-refractivity contribution >= 4 is 42.3 Å². The van der Waals surface area contributed by atoms with Crippen molar-refractivity contribution in [1.29, 1.82) is 0 Å². The van der Waals surface area contributed by atoms with Crippen molar-refractivity contribution in [2.45, 2.75) is 31.0 Å². The maximum absolute atomic E-state index is 12.1. The first-order chi connectivity index (χ1) is 14.1. The second-order valence-electron chi connectivity index (χ2n) is 6.31. The van der Waals surface area contributed by atoms with E-state index in [2.05, 4.69) is 23.3 Å². The minimum absolute atomic E-state index is 0.182. The van der Waals surface area contributed by atoms with Crippen LogP contribution in [0.4, 0.5) is 0 Å². The lowest BCUT2D eigenvalue weighted by Crippen LogP contribution is -2.54. The fourth-order valence-electron chi connectivity index (χ4n) is 2.35. The van der Waals surface area contributed by atoms with Gasteiger partial charge in [-0.2, -0.15) is 12.6 Å². The molecule has 0 heterocycles. The first kappa shape index (κ1) is 24.9. The SMILES string of the molecule is NC(Cc1ccccc1)C(=O)NCC(=O)NC(CS)C(=O)NC(CC(=O)O)C(=O)O. The molecule has 0 saturated heterocycles. The zero-order valence-corrected chi connectivity index (χ0v) is 16.8. The molecule has 0 spiro atoms. The van der Waals surface area contributed by atoms with Crippen molar-refractivity contribution in [1.82, 2.24) is 16.0 Å². The molecule has 1 aromatic carbocycles. The number of hydrogen-bond donors (Lipinski definition) is 7. The highest BCUT2D eigenvalue weighted by Gasteiger charge is 2.27. The molecule has 1 aromatic rings. The van der Waals surface area contributed by atoms with E-state index >= 15 is 0 Å². The summed E-state index contributed by atoms with van der Waals surface area (Å²) < 4.78 is 0. The van der Waals surface area contributed by atoms with Crippen LogP contribution in [0.5, 0.6) is 0 Å². The third-order valence-corrected chi connectivity index (χ3v) is 4.25. The van der Waals surface area contributed by atoms with E-state index in [-0.39, 0.29) is 12.2 Å². The van der Waals surface area contributed by atoms with Crippen LogP contribution < -0.4 is 21.7 Å². The average molecular weight is 440 g/mol. The third kappa shape index (κ3) is 8.92. The molecule has 30 heavy (non-hydrogen) atoms. The number of nitrogens with two attached hydrogens (primary N) is 1. The lowest BCUT2D eigenvalue weighted by atomic mass is 10.1. The monoisotopic (exact) mass is 440 g/mol. The zero-order valence-electron chi connectivity index (χ0n) is 15.9. The van der Waals surface area contributed by atoms with Crippen molar-refractivity contribution in [2.75, 3.05) is 12.3 Å². The van der Waals surface area contributed by atoms with E-state index in [1.54, 1.807) is 12.1 Å². The normalized spacial score (nSPS) is 13.4. The number of carboxylic acids is 2. The molecule has 0 bridgehead atoms. The Morgan fingerprint density at radius 3 is 2.13 bits per heavy atom. The summed E-state index contributed by atoms with van der Waals surface area (Å²) in [5, 5.41) is 24.3. The second kappa shape index (κ2) is 12.4. The molecule has 0 aliphatic rings. The molecule has 3 unspecified atom stereocenters. The van der Waals surface area contributed by atoms with E-state index in [1.807, 2.05) is 23.5 Å². The maximum Gasteiger partial charge on any atom is 0.326 e. The number of hydrogen-bond acceptors (Lipinski definition) is 7. The maximum atomic E-state index is 12.1. The lowest BCUT2D eigenvalue weighted by Gasteiger charge is -2.19.